The summed E-state index contributed by atoms with van der Waals surface area (Å²) in [6, 6.07) is 0. The number of rotatable bonds is 3. The normalized spacial score (nSPS) is 23.6. The molecule has 1 heterocycles. The van der Waals surface area contributed by atoms with Crippen molar-refractivity contribution < 1.29 is 14.7 Å². The number of carboxylic acids is 1. The molecular formula is C11H15N3O3. The monoisotopic (exact) mass is 237 g/mol. The second kappa shape index (κ2) is 4.57. The van der Waals surface area contributed by atoms with Crippen molar-refractivity contribution >= 4 is 17.7 Å². The number of aryl methyl sites for hydroxylation is 1. The molecule has 6 nitrogen and oxygen atoms in total. The number of anilines is 1. The highest BCUT2D eigenvalue weighted by Crippen LogP contribution is 2.32. The molecule has 1 saturated carbocycles. The van der Waals surface area contributed by atoms with Gasteiger partial charge in [0.25, 0.3) is 0 Å². The fraction of sp³-hybridized carbons (Fsp3) is 0.545. The van der Waals surface area contributed by atoms with Crippen molar-refractivity contribution in [2.75, 3.05) is 5.32 Å². The first-order valence-electron chi connectivity index (χ1n) is 5.63. The molecule has 0 saturated heterocycles. The van der Waals surface area contributed by atoms with Crippen LogP contribution in [0, 0.1) is 18.8 Å². The number of hydrogen-bond donors (Lipinski definition) is 3. The van der Waals surface area contributed by atoms with E-state index >= 15 is 0 Å². The molecule has 0 bridgehead atoms. The molecule has 2 rings (SSSR count). The van der Waals surface area contributed by atoms with Gasteiger partial charge in [0.2, 0.25) is 5.91 Å². The van der Waals surface area contributed by atoms with Gasteiger partial charge < -0.3 is 10.4 Å². The summed E-state index contributed by atoms with van der Waals surface area (Å²) < 4.78 is 0. The van der Waals surface area contributed by atoms with E-state index in [-0.39, 0.29) is 5.91 Å². The van der Waals surface area contributed by atoms with E-state index in [0.29, 0.717) is 18.7 Å². The summed E-state index contributed by atoms with van der Waals surface area (Å²) in [5.74, 6) is -1.56. The third kappa shape index (κ3) is 2.30. The molecule has 0 spiro atoms. The van der Waals surface area contributed by atoms with Gasteiger partial charge in [-0.3, -0.25) is 14.7 Å². The van der Waals surface area contributed by atoms with E-state index in [2.05, 4.69) is 15.5 Å². The Morgan fingerprint density at radius 3 is 2.76 bits per heavy atom. The molecule has 0 radical (unpaired) electrons. The SMILES string of the molecule is Cc1cn[nH]c1NC(=O)C1CCCC1C(=O)O. The highest BCUT2D eigenvalue weighted by Gasteiger charge is 2.37. The average Bonchev–Trinajstić information content (AvgIpc) is 2.87. The molecule has 17 heavy (non-hydrogen) atoms. The maximum absolute atomic E-state index is 12.0. The molecule has 0 aliphatic heterocycles. The zero-order valence-corrected chi connectivity index (χ0v) is 9.56. The van der Waals surface area contributed by atoms with Crippen LogP contribution in [0.2, 0.25) is 0 Å². The zero-order valence-electron chi connectivity index (χ0n) is 9.56. The molecule has 1 aromatic rings. The molecule has 0 aromatic carbocycles. The number of nitrogens with zero attached hydrogens (tertiary/aromatic N) is 1. The summed E-state index contributed by atoms with van der Waals surface area (Å²) in [6.07, 6.45) is 3.61. The van der Waals surface area contributed by atoms with Gasteiger partial charge in [0.15, 0.2) is 0 Å². The smallest absolute Gasteiger partial charge is 0.307 e. The van der Waals surface area contributed by atoms with Crippen LogP contribution in [0.25, 0.3) is 0 Å². The van der Waals surface area contributed by atoms with Crippen LogP contribution in [0.1, 0.15) is 24.8 Å². The van der Waals surface area contributed by atoms with Crippen molar-refractivity contribution in [3.63, 3.8) is 0 Å². The standard InChI is InChI=1S/C11H15N3O3/c1-6-5-12-14-9(6)13-10(15)7-3-2-4-8(7)11(16)17/h5,7-8H,2-4H2,1H3,(H,16,17)(H2,12,13,14,15). The molecule has 1 aliphatic rings. The number of H-pyrrole nitrogens is 1. The van der Waals surface area contributed by atoms with E-state index in [1.165, 1.54) is 0 Å². The number of aromatic amines is 1. The van der Waals surface area contributed by atoms with Crippen LogP contribution in [0.3, 0.4) is 0 Å². The number of amides is 1. The molecule has 3 N–H and O–H groups in total. The van der Waals surface area contributed by atoms with Gasteiger partial charge in [-0.2, -0.15) is 5.10 Å². The van der Waals surface area contributed by atoms with E-state index in [1.54, 1.807) is 6.20 Å². The lowest BCUT2D eigenvalue weighted by Gasteiger charge is -2.14. The Morgan fingerprint density at radius 2 is 2.18 bits per heavy atom. The van der Waals surface area contributed by atoms with Gasteiger partial charge in [-0.15, -0.1) is 0 Å². The summed E-state index contributed by atoms with van der Waals surface area (Å²) in [5, 5.41) is 18.2. The molecule has 1 aromatic heterocycles. The van der Waals surface area contributed by atoms with Crippen molar-refractivity contribution in [3.05, 3.63) is 11.8 Å². The Kier molecular flexibility index (Phi) is 3.12. The van der Waals surface area contributed by atoms with Gasteiger partial charge >= 0.3 is 5.97 Å². The number of nitrogens with one attached hydrogen (secondary N) is 2. The van der Waals surface area contributed by atoms with Crippen LogP contribution < -0.4 is 5.32 Å². The molecule has 1 aliphatic carbocycles. The predicted molar refractivity (Wildman–Crippen MR) is 60.4 cm³/mol. The van der Waals surface area contributed by atoms with Crippen molar-refractivity contribution in [2.24, 2.45) is 11.8 Å². The average molecular weight is 237 g/mol. The Labute approximate surface area is 98.4 Å². The van der Waals surface area contributed by atoms with Gasteiger partial charge in [-0.1, -0.05) is 6.42 Å². The maximum atomic E-state index is 12.0. The van der Waals surface area contributed by atoms with Crippen LogP contribution >= 0.6 is 0 Å². The summed E-state index contributed by atoms with van der Waals surface area (Å²) >= 11 is 0. The van der Waals surface area contributed by atoms with Crippen LogP contribution in [-0.2, 0) is 9.59 Å². The molecular weight excluding hydrogens is 222 g/mol. The Balaban J connectivity index is 2.05. The van der Waals surface area contributed by atoms with Crippen LogP contribution in [0.15, 0.2) is 6.20 Å². The minimum absolute atomic E-state index is 0.234. The number of aliphatic carboxylic acids is 1. The second-order valence-corrected chi connectivity index (χ2v) is 4.40. The summed E-state index contributed by atoms with van der Waals surface area (Å²) in [5.41, 5.74) is 0.836. The second-order valence-electron chi connectivity index (χ2n) is 4.40. The van der Waals surface area contributed by atoms with Gasteiger partial charge in [0.05, 0.1) is 18.0 Å². The molecule has 1 amide bonds. The first-order chi connectivity index (χ1) is 8.09. The number of carboxylic acid groups (broad SMARTS) is 1. The topological polar surface area (TPSA) is 95.1 Å². The first-order valence-corrected chi connectivity index (χ1v) is 5.63. The van der Waals surface area contributed by atoms with E-state index in [1.807, 2.05) is 6.92 Å². The summed E-state index contributed by atoms with van der Waals surface area (Å²) in [4.78, 5) is 22.9. The number of carbonyl (C=O) groups is 2. The van der Waals surface area contributed by atoms with Gasteiger partial charge in [-0.05, 0) is 19.8 Å². The fourth-order valence-corrected chi connectivity index (χ4v) is 2.26. The largest absolute Gasteiger partial charge is 0.481 e. The zero-order chi connectivity index (χ0) is 12.4. The maximum Gasteiger partial charge on any atom is 0.307 e. The Hall–Kier alpha value is -1.85. The summed E-state index contributed by atoms with van der Waals surface area (Å²) in [7, 11) is 0. The predicted octanol–water partition coefficient (Wildman–Crippen LogP) is 1.16. The Morgan fingerprint density at radius 1 is 1.47 bits per heavy atom. The first kappa shape index (κ1) is 11.6. The van der Waals surface area contributed by atoms with Crippen LogP contribution in [-0.4, -0.2) is 27.2 Å². The number of aromatic nitrogens is 2. The number of carbonyl (C=O) groups excluding carboxylic acids is 1. The van der Waals surface area contributed by atoms with Crippen LogP contribution in [0.5, 0.6) is 0 Å². The third-order valence-corrected chi connectivity index (χ3v) is 3.25. The summed E-state index contributed by atoms with van der Waals surface area (Å²) in [6.45, 7) is 1.82. The van der Waals surface area contributed by atoms with E-state index in [4.69, 9.17) is 5.11 Å². The molecule has 2 unspecified atom stereocenters. The van der Waals surface area contributed by atoms with E-state index in [0.717, 1.165) is 12.0 Å². The fourth-order valence-electron chi connectivity index (χ4n) is 2.26. The van der Waals surface area contributed by atoms with Gasteiger partial charge in [0, 0.05) is 5.56 Å². The quantitative estimate of drug-likeness (QED) is 0.735. The van der Waals surface area contributed by atoms with Crippen molar-refractivity contribution in [1.82, 2.24) is 10.2 Å². The van der Waals surface area contributed by atoms with Crippen LogP contribution in [0.4, 0.5) is 5.82 Å². The highest BCUT2D eigenvalue weighted by atomic mass is 16.4. The van der Waals surface area contributed by atoms with Gasteiger partial charge in [0.1, 0.15) is 5.82 Å². The number of hydrogen-bond acceptors (Lipinski definition) is 3. The highest BCUT2D eigenvalue weighted by molar-refractivity contribution is 5.95. The lowest BCUT2D eigenvalue weighted by atomic mass is 9.95. The lowest BCUT2D eigenvalue weighted by molar-refractivity contribution is -0.145. The Bertz CT molecular complexity index is 441. The lowest BCUT2D eigenvalue weighted by Crippen LogP contribution is -2.30. The van der Waals surface area contributed by atoms with Gasteiger partial charge in [-0.25, -0.2) is 0 Å². The molecule has 6 heteroatoms. The molecule has 1 fully saturated rings. The van der Waals surface area contributed by atoms with E-state index in [9.17, 15) is 9.59 Å². The minimum atomic E-state index is -0.885. The molecule has 92 valence electrons. The molecule has 2 atom stereocenters. The van der Waals surface area contributed by atoms with Crippen molar-refractivity contribution in [1.29, 1.82) is 0 Å². The minimum Gasteiger partial charge on any atom is -0.481 e. The van der Waals surface area contributed by atoms with Crippen molar-refractivity contribution in [2.45, 2.75) is 26.2 Å². The third-order valence-electron chi connectivity index (χ3n) is 3.25. The van der Waals surface area contributed by atoms with E-state index < -0.39 is 17.8 Å². The van der Waals surface area contributed by atoms with Crippen molar-refractivity contribution in [3.8, 4) is 0 Å².